The highest BCUT2D eigenvalue weighted by Crippen LogP contribution is 2.37. The van der Waals surface area contributed by atoms with Gasteiger partial charge >= 0.3 is 0 Å². The van der Waals surface area contributed by atoms with Crippen molar-refractivity contribution in [2.24, 2.45) is 11.5 Å². The lowest BCUT2D eigenvalue weighted by Gasteiger charge is -2.25. The second-order valence-electron chi connectivity index (χ2n) is 4.46. The van der Waals surface area contributed by atoms with Gasteiger partial charge in [0.05, 0.1) is 0 Å². The third-order valence-electron chi connectivity index (χ3n) is 2.75. The van der Waals surface area contributed by atoms with Gasteiger partial charge in [0.2, 0.25) is 0 Å². The molecule has 0 aliphatic carbocycles. The lowest BCUT2D eigenvalue weighted by Crippen LogP contribution is -2.48. The summed E-state index contributed by atoms with van der Waals surface area (Å²) < 4.78 is 16.5. The minimum Gasteiger partial charge on any atom is -0.387 e. The van der Waals surface area contributed by atoms with E-state index in [9.17, 15) is 5.11 Å². The lowest BCUT2D eigenvalue weighted by molar-refractivity contribution is -0.216. The molecule has 6 nitrogen and oxygen atoms in total. The number of hydrogen-bond donors (Lipinski definition) is 3. The fraction of sp³-hybridized carbons (Fsp3) is 1.00. The van der Waals surface area contributed by atoms with Gasteiger partial charge in [-0.15, -0.1) is 0 Å². The van der Waals surface area contributed by atoms with Gasteiger partial charge < -0.3 is 30.8 Å². The summed E-state index contributed by atoms with van der Waals surface area (Å²) in [5.74, 6) is -0.714. The Labute approximate surface area is 88.5 Å². The van der Waals surface area contributed by atoms with Gasteiger partial charge in [-0.1, -0.05) is 0 Å². The molecule has 0 spiro atoms. The number of aliphatic hydroxyl groups is 1. The Kier molecular flexibility index (Phi) is 2.74. The summed E-state index contributed by atoms with van der Waals surface area (Å²) in [6.07, 6.45) is -2.31. The highest BCUT2D eigenvalue weighted by molar-refractivity contribution is 4.97. The predicted molar refractivity (Wildman–Crippen MR) is 51.7 cm³/mol. The average Bonchev–Trinajstić information content (AvgIpc) is 2.60. The summed E-state index contributed by atoms with van der Waals surface area (Å²) in [6, 6.07) is -0.402. The Bertz CT molecular complexity index is 248. The summed E-state index contributed by atoms with van der Waals surface area (Å²) >= 11 is 0. The molecule has 0 aromatic heterocycles. The molecule has 2 saturated heterocycles. The van der Waals surface area contributed by atoms with E-state index in [2.05, 4.69) is 0 Å². The van der Waals surface area contributed by atoms with Gasteiger partial charge in [-0.3, -0.25) is 0 Å². The fourth-order valence-electron chi connectivity index (χ4n) is 2.00. The third kappa shape index (κ3) is 1.89. The molecule has 2 aliphatic rings. The van der Waals surface area contributed by atoms with E-state index in [0.29, 0.717) is 0 Å². The molecule has 2 heterocycles. The highest BCUT2D eigenvalue weighted by Gasteiger charge is 2.55. The molecule has 88 valence electrons. The molecule has 0 amide bonds. The molecule has 5 atom stereocenters. The van der Waals surface area contributed by atoms with Crippen molar-refractivity contribution in [2.75, 3.05) is 6.54 Å². The Morgan fingerprint density at radius 3 is 2.60 bits per heavy atom. The van der Waals surface area contributed by atoms with Crippen LogP contribution >= 0.6 is 0 Å². The van der Waals surface area contributed by atoms with Crippen molar-refractivity contribution < 1.29 is 19.3 Å². The second-order valence-corrected chi connectivity index (χ2v) is 4.46. The van der Waals surface area contributed by atoms with Crippen molar-refractivity contribution in [2.45, 2.75) is 50.3 Å². The number of ether oxygens (including phenoxy) is 3. The number of fused-ring (bicyclic) bond motifs is 1. The van der Waals surface area contributed by atoms with E-state index in [-0.39, 0.29) is 6.54 Å². The lowest BCUT2D eigenvalue weighted by atomic mass is 10.0. The molecule has 0 bridgehead atoms. The number of nitrogens with two attached hydrogens (primary N) is 2. The molecular weight excluding hydrogens is 200 g/mol. The molecule has 6 heteroatoms. The van der Waals surface area contributed by atoms with Crippen molar-refractivity contribution in [3.63, 3.8) is 0 Å². The largest absolute Gasteiger partial charge is 0.387 e. The second kappa shape index (κ2) is 3.65. The Balaban J connectivity index is 2.05. The zero-order valence-electron chi connectivity index (χ0n) is 8.92. The van der Waals surface area contributed by atoms with Gasteiger partial charge in [0.1, 0.15) is 18.3 Å². The maximum atomic E-state index is 9.93. The van der Waals surface area contributed by atoms with Gasteiger partial charge in [-0.25, -0.2) is 0 Å². The first-order valence-corrected chi connectivity index (χ1v) is 5.09. The van der Waals surface area contributed by atoms with Crippen molar-refractivity contribution in [3.05, 3.63) is 0 Å². The normalized spacial score (nSPS) is 45.4. The first-order valence-electron chi connectivity index (χ1n) is 5.09. The molecule has 2 fully saturated rings. The number of aliphatic hydroxyl groups excluding tert-OH is 1. The molecule has 0 radical (unpaired) electrons. The maximum Gasteiger partial charge on any atom is 0.190 e. The Morgan fingerprint density at radius 1 is 1.40 bits per heavy atom. The van der Waals surface area contributed by atoms with Crippen LogP contribution in [0.25, 0.3) is 0 Å². The van der Waals surface area contributed by atoms with E-state index < -0.39 is 36.4 Å². The topological polar surface area (TPSA) is 100.0 Å². The molecular formula is C9H18N2O4. The van der Waals surface area contributed by atoms with Crippen LogP contribution in [0.1, 0.15) is 13.8 Å². The average molecular weight is 218 g/mol. The quantitative estimate of drug-likeness (QED) is 0.522. The predicted octanol–water partition coefficient (Wildman–Crippen LogP) is -1.49. The van der Waals surface area contributed by atoms with Crippen LogP contribution < -0.4 is 11.5 Å². The minimum atomic E-state index is -0.782. The van der Waals surface area contributed by atoms with Crippen LogP contribution in [0.5, 0.6) is 0 Å². The van der Waals surface area contributed by atoms with Crippen LogP contribution in [-0.2, 0) is 14.2 Å². The van der Waals surface area contributed by atoms with Crippen LogP contribution in [0.4, 0.5) is 0 Å². The highest BCUT2D eigenvalue weighted by atomic mass is 16.8. The van der Waals surface area contributed by atoms with E-state index >= 15 is 0 Å². The Hall–Kier alpha value is -0.240. The zero-order chi connectivity index (χ0) is 11.2. The number of rotatable bonds is 2. The van der Waals surface area contributed by atoms with Gasteiger partial charge in [0.25, 0.3) is 0 Å². The fourth-order valence-corrected chi connectivity index (χ4v) is 2.00. The van der Waals surface area contributed by atoms with Gasteiger partial charge in [0, 0.05) is 12.6 Å². The van der Waals surface area contributed by atoms with E-state index in [4.69, 9.17) is 25.7 Å². The van der Waals surface area contributed by atoms with E-state index in [1.807, 2.05) is 0 Å². The SMILES string of the molecule is CC1(C)O[C@H]2O[C@H]([C@H](N)CN)[C@H](O)[C@H]2O1. The van der Waals surface area contributed by atoms with Crippen molar-refractivity contribution in [1.82, 2.24) is 0 Å². The van der Waals surface area contributed by atoms with Crippen LogP contribution in [0.2, 0.25) is 0 Å². The molecule has 0 aromatic rings. The minimum absolute atomic E-state index is 0.255. The summed E-state index contributed by atoms with van der Waals surface area (Å²) in [4.78, 5) is 0. The van der Waals surface area contributed by atoms with Crippen LogP contribution in [0.15, 0.2) is 0 Å². The molecule has 2 aliphatic heterocycles. The standard InChI is InChI=1S/C9H18N2O4/c1-9(2)14-7-5(12)6(4(11)3-10)13-8(7)15-9/h4-8,12H,3,10-11H2,1-2H3/t4-,5+,6-,7-,8-/m1/s1. The monoisotopic (exact) mass is 218 g/mol. The molecule has 0 saturated carbocycles. The maximum absolute atomic E-state index is 9.93. The van der Waals surface area contributed by atoms with Crippen molar-refractivity contribution >= 4 is 0 Å². The Morgan fingerprint density at radius 2 is 2.07 bits per heavy atom. The van der Waals surface area contributed by atoms with E-state index in [0.717, 1.165) is 0 Å². The van der Waals surface area contributed by atoms with Gasteiger partial charge in [0.15, 0.2) is 12.1 Å². The van der Waals surface area contributed by atoms with Crippen molar-refractivity contribution in [3.8, 4) is 0 Å². The summed E-state index contributed by atoms with van der Waals surface area (Å²) in [7, 11) is 0. The van der Waals surface area contributed by atoms with Crippen LogP contribution in [-0.4, -0.2) is 48.1 Å². The van der Waals surface area contributed by atoms with Crippen LogP contribution in [0.3, 0.4) is 0 Å². The summed E-state index contributed by atoms with van der Waals surface area (Å²) in [5.41, 5.74) is 11.1. The smallest absolute Gasteiger partial charge is 0.190 e. The molecule has 0 unspecified atom stereocenters. The third-order valence-corrected chi connectivity index (χ3v) is 2.75. The summed E-state index contributed by atoms with van der Waals surface area (Å²) in [5, 5.41) is 9.93. The van der Waals surface area contributed by atoms with Gasteiger partial charge in [-0.05, 0) is 13.8 Å². The van der Waals surface area contributed by atoms with Crippen LogP contribution in [0, 0.1) is 0 Å². The first-order chi connectivity index (χ1) is 6.94. The first kappa shape index (κ1) is 11.3. The van der Waals surface area contributed by atoms with Crippen molar-refractivity contribution in [1.29, 1.82) is 0 Å². The summed E-state index contributed by atoms with van der Waals surface area (Å²) in [6.45, 7) is 3.81. The zero-order valence-corrected chi connectivity index (χ0v) is 8.92. The van der Waals surface area contributed by atoms with E-state index in [1.165, 1.54) is 0 Å². The molecule has 15 heavy (non-hydrogen) atoms. The number of hydrogen-bond acceptors (Lipinski definition) is 6. The van der Waals surface area contributed by atoms with E-state index in [1.54, 1.807) is 13.8 Å². The molecule has 2 rings (SSSR count). The molecule has 5 N–H and O–H groups in total. The molecule has 0 aromatic carbocycles. The van der Waals surface area contributed by atoms with Gasteiger partial charge in [-0.2, -0.15) is 0 Å².